The number of aliphatic carboxylic acids is 1. The van der Waals surface area contributed by atoms with Crippen LogP contribution in [-0.2, 0) is 9.53 Å². The van der Waals surface area contributed by atoms with Gasteiger partial charge in [-0.2, -0.15) is 0 Å². The maximum atomic E-state index is 10.1. The summed E-state index contributed by atoms with van der Waals surface area (Å²) in [5, 5.41) is 8.28. The van der Waals surface area contributed by atoms with Crippen LogP contribution < -0.4 is 10.5 Å². The summed E-state index contributed by atoms with van der Waals surface area (Å²) >= 11 is 0. The second-order valence-electron chi connectivity index (χ2n) is 2.86. The van der Waals surface area contributed by atoms with Gasteiger partial charge in [-0.1, -0.05) is 0 Å². The Morgan fingerprint density at radius 2 is 1.93 bits per heavy atom. The second-order valence-corrected chi connectivity index (χ2v) is 2.86. The van der Waals surface area contributed by atoms with Crippen molar-refractivity contribution >= 4 is 11.7 Å². The molecule has 15 heavy (non-hydrogen) atoms. The lowest BCUT2D eigenvalue weighted by molar-refractivity contribution is -0.142. The van der Waals surface area contributed by atoms with Gasteiger partial charge in [-0.25, -0.2) is 4.79 Å². The predicted molar refractivity (Wildman–Crippen MR) is 54.8 cm³/mol. The Kier molecular flexibility index (Phi) is 4.43. The van der Waals surface area contributed by atoms with Gasteiger partial charge in [-0.05, 0) is 24.3 Å². The fourth-order valence-corrected chi connectivity index (χ4v) is 0.942. The van der Waals surface area contributed by atoms with Crippen molar-refractivity contribution in [1.82, 2.24) is 0 Å². The SMILES string of the molecule is Nc1ccc(OCCOCC(=O)O)cc1. The van der Waals surface area contributed by atoms with Gasteiger partial charge in [0.15, 0.2) is 0 Å². The Hall–Kier alpha value is -1.75. The molecule has 0 saturated carbocycles. The van der Waals surface area contributed by atoms with Crippen molar-refractivity contribution < 1.29 is 19.4 Å². The van der Waals surface area contributed by atoms with E-state index in [9.17, 15) is 4.79 Å². The number of carbonyl (C=O) groups is 1. The molecule has 1 aromatic rings. The smallest absolute Gasteiger partial charge is 0.329 e. The van der Waals surface area contributed by atoms with Crippen molar-refractivity contribution in [2.75, 3.05) is 25.6 Å². The standard InChI is InChI=1S/C10H13NO4/c11-8-1-3-9(4-2-8)15-6-5-14-7-10(12)13/h1-4H,5-7,11H2,(H,12,13). The molecule has 0 amide bonds. The van der Waals surface area contributed by atoms with Crippen LogP contribution in [0.1, 0.15) is 0 Å². The highest BCUT2D eigenvalue weighted by atomic mass is 16.5. The Bertz CT molecular complexity index is 310. The third kappa shape index (κ3) is 4.87. The monoisotopic (exact) mass is 211 g/mol. The van der Waals surface area contributed by atoms with E-state index in [1.807, 2.05) is 0 Å². The Labute approximate surface area is 87.4 Å². The van der Waals surface area contributed by atoms with Crippen LogP contribution in [0.4, 0.5) is 5.69 Å². The normalized spacial score (nSPS) is 9.87. The predicted octanol–water partition coefficient (Wildman–Crippen LogP) is 0.749. The largest absolute Gasteiger partial charge is 0.491 e. The lowest BCUT2D eigenvalue weighted by atomic mass is 10.3. The molecule has 0 aliphatic carbocycles. The average molecular weight is 211 g/mol. The molecular weight excluding hydrogens is 198 g/mol. The van der Waals surface area contributed by atoms with Gasteiger partial charge in [0, 0.05) is 5.69 Å². The number of nitrogens with two attached hydrogens (primary N) is 1. The number of benzene rings is 1. The number of rotatable bonds is 6. The molecular formula is C10H13NO4. The van der Waals surface area contributed by atoms with Gasteiger partial charge >= 0.3 is 5.97 Å². The fraction of sp³-hybridized carbons (Fsp3) is 0.300. The quantitative estimate of drug-likeness (QED) is 0.536. The Balaban J connectivity index is 2.15. The first kappa shape index (κ1) is 11.3. The van der Waals surface area contributed by atoms with Crippen molar-refractivity contribution in [3.63, 3.8) is 0 Å². The van der Waals surface area contributed by atoms with Crippen molar-refractivity contribution in [3.05, 3.63) is 24.3 Å². The van der Waals surface area contributed by atoms with Gasteiger partial charge in [0.2, 0.25) is 0 Å². The van der Waals surface area contributed by atoms with Crippen LogP contribution in [0.5, 0.6) is 5.75 Å². The van der Waals surface area contributed by atoms with Gasteiger partial charge in [0.05, 0.1) is 6.61 Å². The minimum Gasteiger partial charge on any atom is -0.491 e. The second kappa shape index (κ2) is 5.87. The van der Waals surface area contributed by atoms with E-state index in [4.69, 9.17) is 20.3 Å². The third-order valence-electron chi connectivity index (χ3n) is 1.60. The van der Waals surface area contributed by atoms with Crippen LogP contribution in [0.2, 0.25) is 0 Å². The zero-order valence-electron chi connectivity index (χ0n) is 8.18. The molecule has 5 nitrogen and oxygen atoms in total. The summed E-state index contributed by atoms with van der Waals surface area (Å²) in [5.74, 6) is -0.300. The Morgan fingerprint density at radius 3 is 2.53 bits per heavy atom. The molecule has 5 heteroatoms. The van der Waals surface area contributed by atoms with Gasteiger partial charge < -0.3 is 20.3 Å². The fourth-order valence-electron chi connectivity index (χ4n) is 0.942. The van der Waals surface area contributed by atoms with E-state index >= 15 is 0 Å². The number of hydrogen-bond acceptors (Lipinski definition) is 4. The van der Waals surface area contributed by atoms with E-state index in [2.05, 4.69) is 0 Å². The molecule has 0 aliphatic rings. The molecule has 82 valence electrons. The average Bonchev–Trinajstić information content (AvgIpc) is 2.20. The molecule has 0 heterocycles. The lowest BCUT2D eigenvalue weighted by Crippen LogP contribution is -2.12. The van der Waals surface area contributed by atoms with E-state index in [-0.39, 0.29) is 13.2 Å². The summed E-state index contributed by atoms with van der Waals surface area (Å²) in [5.41, 5.74) is 6.16. The van der Waals surface area contributed by atoms with E-state index < -0.39 is 5.97 Å². The topological polar surface area (TPSA) is 81.8 Å². The minimum atomic E-state index is -0.984. The van der Waals surface area contributed by atoms with Crippen LogP contribution in [0, 0.1) is 0 Å². The van der Waals surface area contributed by atoms with E-state index in [1.165, 1.54) is 0 Å². The molecule has 1 rings (SSSR count). The number of nitrogen functional groups attached to an aromatic ring is 1. The first-order valence-corrected chi connectivity index (χ1v) is 4.46. The van der Waals surface area contributed by atoms with Crippen LogP contribution >= 0.6 is 0 Å². The number of hydrogen-bond donors (Lipinski definition) is 2. The summed E-state index contributed by atoms with van der Waals surface area (Å²) in [6.07, 6.45) is 0. The first-order chi connectivity index (χ1) is 7.18. The zero-order chi connectivity index (χ0) is 11.1. The summed E-state index contributed by atoms with van der Waals surface area (Å²) in [4.78, 5) is 10.1. The molecule has 0 bridgehead atoms. The molecule has 1 aromatic carbocycles. The molecule has 0 atom stereocenters. The highest BCUT2D eigenvalue weighted by Crippen LogP contribution is 2.12. The van der Waals surface area contributed by atoms with Crippen LogP contribution in [-0.4, -0.2) is 30.9 Å². The molecule has 0 saturated heterocycles. The lowest BCUT2D eigenvalue weighted by Gasteiger charge is -2.05. The van der Waals surface area contributed by atoms with Crippen LogP contribution in [0.15, 0.2) is 24.3 Å². The van der Waals surface area contributed by atoms with Crippen molar-refractivity contribution in [2.24, 2.45) is 0 Å². The van der Waals surface area contributed by atoms with E-state index in [1.54, 1.807) is 24.3 Å². The molecule has 0 aromatic heterocycles. The van der Waals surface area contributed by atoms with Gasteiger partial charge in [0.1, 0.15) is 19.0 Å². The summed E-state index contributed by atoms with van der Waals surface area (Å²) < 4.78 is 10.1. The molecule has 0 radical (unpaired) electrons. The first-order valence-electron chi connectivity index (χ1n) is 4.46. The number of carboxylic acids is 1. The molecule has 0 spiro atoms. The van der Waals surface area contributed by atoms with Gasteiger partial charge in [-0.15, -0.1) is 0 Å². The molecule has 0 unspecified atom stereocenters. The number of anilines is 1. The summed E-state index contributed by atoms with van der Waals surface area (Å²) in [7, 11) is 0. The van der Waals surface area contributed by atoms with Crippen LogP contribution in [0.25, 0.3) is 0 Å². The van der Waals surface area contributed by atoms with E-state index in [0.29, 0.717) is 18.0 Å². The van der Waals surface area contributed by atoms with Gasteiger partial charge in [0.25, 0.3) is 0 Å². The third-order valence-corrected chi connectivity index (χ3v) is 1.60. The molecule has 3 N–H and O–H groups in total. The summed E-state index contributed by atoms with van der Waals surface area (Å²) in [6, 6.07) is 6.94. The number of carboxylic acid groups (broad SMARTS) is 1. The Morgan fingerprint density at radius 1 is 1.27 bits per heavy atom. The highest BCUT2D eigenvalue weighted by Gasteiger charge is 1.96. The van der Waals surface area contributed by atoms with Crippen molar-refractivity contribution in [1.29, 1.82) is 0 Å². The minimum absolute atomic E-state index is 0.247. The van der Waals surface area contributed by atoms with Crippen LogP contribution in [0.3, 0.4) is 0 Å². The van der Waals surface area contributed by atoms with Crippen molar-refractivity contribution in [2.45, 2.75) is 0 Å². The van der Waals surface area contributed by atoms with Crippen molar-refractivity contribution in [3.8, 4) is 5.75 Å². The van der Waals surface area contributed by atoms with Gasteiger partial charge in [-0.3, -0.25) is 0 Å². The van der Waals surface area contributed by atoms with E-state index in [0.717, 1.165) is 0 Å². The zero-order valence-corrected chi connectivity index (χ0v) is 8.18. The molecule has 0 aliphatic heterocycles. The maximum absolute atomic E-state index is 10.1. The maximum Gasteiger partial charge on any atom is 0.329 e. The molecule has 0 fully saturated rings. The summed E-state index contributed by atoms with van der Waals surface area (Å²) in [6.45, 7) is 0.263. The highest BCUT2D eigenvalue weighted by molar-refractivity contribution is 5.67. The number of ether oxygens (including phenoxy) is 2.